The molecule has 1 aromatic carbocycles. The van der Waals surface area contributed by atoms with E-state index in [1.54, 1.807) is 0 Å². The second kappa shape index (κ2) is 6.84. The fraction of sp³-hybridized carbons (Fsp3) is 0.455. The molecule has 0 aliphatic carbocycles. The maximum absolute atomic E-state index is 11.9. The van der Waals surface area contributed by atoms with Crippen LogP contribution in [0.1, 0.15) is 37.0 Å². The average molecular weight is 350 g/mol. The summed E-state index contributed by atoms with van der Waals surface area (Å²) in [5.74, 6) is 0.959. The van der Waals surface area contributed by atoms with Crippen LogP contribution in [0.4, 0.5) is 0 Å². The zero-order valence-electron chi connectivity index (χ0n) is 15.5. The Hall–Kier alpha value is -2.20. The summed E-state index contributed by atoms with van der Waals surface area (Å²) >= 11 is 0. The van der Waals surface area contributed by atoms with E-state index in [1.807, 2.05) is 18.3 Å². The predicted octanol–water partition coefficient (Wildman–Crippen LogP) is 4.04. The molecule has 4 heteroatoms. The number of esters is 1. The molecule has 2 aromatic rings. The van der Waals surface area contributed by atoms with Gasteiger partial charge in [0.15, 0.2) is 0 Å². The molecule has 0 radical (unpaired) electrons. The highest BCUT2D eigenvalue weighted by atomic mass is 16.5. The zero-order chi connectivity index (χ0) is 18.3. The number of piperidine rings is 3. The van der Waals surface area contributed by atoms with Gasteiger partial charge in [0.05, 0.1) is 11.6 Å². The first-order chi connectivity index (χ1) is 12.6. The molecule has 3 saturated heterocycles. The molecule has 0 saturated carbocycles. The van der Waals surface area contributed by atoms with Gasteiger partial charge in [0.2, 0.25) is 0 Å². The summed E-state index contributed by atoms with van der Waals surface area (Å²) in [5, 5.41) is 1.08. The smallest absolute Gasteiger partial charge is 0.303 e. The number of hydrogen-bond acceptors (Lipinski definition) is 4. The Labute approximate surface area is 154 Å². The van der Waals surface area contributed by atoms with Crippen molar-refractivity contribution in [3.8, 4) is 0 Å². The van der Waals surface area contributed by atoms with E-state index in [4.69, 9.17) is 4.74 Å². The number of aromatic nitrogens is 1. The van der Waals surface area contributed by atoms with E-state index in [0.717, 1.165) is 36.0 Å². The Morgan fingerprint density at radius 1 is 1.42 bits per heavy atom. The zero-order valence-corrected chi connectivity index (χ0v) is 15.5. The Bertz CT molecular complexity index is 847. The highest BCUT2D eigenvalue weighted by Crippen LogP contribution is 2.43. The Morgan fingerprint density at radius 2 is 2.27 bits per heavy atom. The molecule has 136 valence electrons. The van der Waals surface area contributed by atoms with Crippen molar-refractivity contribution >= 4 is 16.9 Å². The monoisotopic (exact) mass is 350 g/mol. The quantitative estimate of drug-likeness (QED) is 0.616. The lowest BCUT2D eigenvalue weighted by Crippen LogP contribution is -2.55. The molecule has 2 bridgehead atoms. The number of nitrogens with zero attached hydrogens (tertiary/aromatic N) is 2. The number of benzene rings is 1. The van der Waals surface area contributed by atoms with E-state index in [-0.39, 0.29) is 18.1 Å². The Morgan fingerprint density at radius 3 is 2.96 bits per heavy atom. The SMILES string of the molecule is C=CC1CN2CCC1CC2[C@H](OC(C)=O)c1ccnc2ccc(C)cc12. The summed E-state index contributed by atoms with van der Waals surface area (Å²) in [4.78, 5) is 18.9. The number of rotatable bonds is 4. The molecule has 3 fully saturated rings. The maximum Gasteiger partial charge on any atom is 0.303 e. The molecule has 3 aliphatic rings. The van der Waals surface area contributed by atoms with E-state index < -0.39 is 0 Å². The van der Waals surface area contributed by atoms with Crippen LogP contribution in [0.3, 0.4) is 0 Å². The van der Waals surface area contributed by atoms with Crippen LogP contribution in [-0.2, 0) is 9.53 Å². The summed E-state index contributed by atoms with van der Waals surface area (Å²) in [6.07, 6.45) is 5.92. The molecule has 3 aliphatic heterocycles. The predicted molar refractivity (Wildman–Crippen MR) is 103 cm³/mol. The third-order valence-corrected chi connectivity index (χ3v) is 6.03. The summed E-state index contributed by atoms with van der Waals surface area (Å²) < 4.78 is 5.91. The Kier molecular flexibility index (Phi) is 4.53. The molecule has 26 heavy (non-hydrogen) atoms. The second-order valence-corrected chi connectivity index (χ2v) is 7.70. The number of aryl methyl sites for hydroxylation is 1. The number of pyridine rings is 1. The van der Waals surface area contributed by atoms with Crippen LogP contribution in [-0.4, -0.2) is 35.0 Å². The van der Waals surface area contributed by atoms with Crippen LogP contribution in [0.2, 0.25) is 0 Å². The third-order valence-electron chi connectivity index (χ3n) is 6.03. The van der Waals surface area contributed by atoms with Crippen molar-refractivity contribution in [3.63, 3.8) is 0 Å². The normalized spacial score (nSPS) is 28.7. The lowest BCUT2D eigenvalue weighted by molar-refractivity contribution is -0.154. The van der Waals surface area contributed by atoms with Gasteiger partial charge in [-0.05, 0) is 56.3 Å². The molecule has 4 heterocycles. The fourth-order valence-electron chi connectivity index (χ4n) is 4.75. The van der Waals surface area contributed by atoms with Crippen molar-refractivity contribution in [2.24, 2.45) is 11.8 Å². The van der Waals surface area contributed by atoms with Crippen molar-refractivity contribution in [2.75, 3.05) is 13.1 Å². The number of hydrogen-bond donors (Lipinski definition) is 0. The fourth-order valence-corrected chi connectivity index (χ4v) is 4.75. The lowest BCUT2D eigenvalue weighted by Gasteiger charge is -2.51. The van der Waals surface area contributed by atoms with Gasteiger partial charge in [-0.1, -0.05) is 17.7 Å². The number of ether oxygens (including phenoxy) is 1. The molecule has 0 N–H and O–H groups in total. The van der Waals surface area contributed by atoms with E-state index in [9.17, 15) is 4.79 Å². The number of fused-ring (bicyclic) bond motifs is 4. The van der Waals surface area contributed by atoms with Crippen LogP contribution >= 0.6 is 0 Å². The van der Waals surface area contributed by atoms with Crippen molar-refractivity contribution in [2.45, 2.75) is 38.8 Å². The molecule has 0 spiro atoms. The summed E-state index contributed by atoms with van der Waals surface area (Å²) in [7, 11) is 0. The Balaban J connectivity index is 1.76. The van der Waals surface area contributed by atoms with E-state index in [1.165, 1.54) is 18.9 Å². The summed E-state index contributed by atoms with van der Waals surface area (Å²) in [6.45, 7) is 9.68. The molecular weight excluding hydrogens is 324 g/mol. The van der Waals surface area contributed by atoms with Gasteiger partial charge in [-0.25, -0.2) is 0 Å². The third kappa shape index (κ3) is 3.03. The summed E-state index contributed by atoms with van der Waals surface area (Å²) in [6, 6.07) is 8.50. The number of carbonyl (C=O) groups is 1. The van der Waals surface area contributed by atoms with Crippen LogP contribution in [0, 0.1) is 18.8 Å². The van der Waals surface area contributed by atoms with Gasteiger partial charge < -0.3 is 4.74 Å². The minimum Gasteiger partial charge on any atom is -0.456 e. The molecule has 5 rings (SSSR count). The lowest BCUT2D eigenvalue weighted by atomic mass is 9.73. The van der Waals surface area contributed by atoms with E-state index in [0.29, 0.717) is 11.8 Å². The minimum atomic E-state index is -0.256. The highest BCUT2D eigenvalue weighted by molar-refractivity contribution is 5.83. The molecule has 4 unspecified atom stereocenters. The van der Waals surface area contributed by atoms with E-state index in [2.05, 4.69) is 41.6 Å². The van der Waals surface area contributed by atoms with Crippen molar-refractivity contribution < 1.29 is 9.53 Å². The van der Waals surface area contributed by atoms with E-state index >= 15 is 0 Å². The molecular formula is C22H26N2O2. The van der Waals surface area contributed by atoms with Gasteiger partial charge in [0, 0.05) is 30.6 Å². The standard InChI is InChI=1S/C22H26N2O2/c1-4-16-13-24-10-8-17(16)12-21(24)22(26-15(3)25)18-7-9-23-20-6-5-14(2)11-19(18)20/h4-7,9,11,16-17,21-22H,1,8,10,12-13H2,2-3H3/t16?,17?,21?,22-/m1/s1. The van der Waals surface area contributed by atoms with Crippen LogP contribution < -0.4 is 0 Å². The second-order valence-electron chi connectivity index (χ2n) is 7.70. The average Bonchev–Trinajstić information content (AvgIpc) is 2.65. The molecule has 1 aromatic heterocycles. The van der Waals surface area contributed by atoms with Gasteiger partial charge in [-0.3, -0.25) is 14.7 Å². The maximum atomic E-state index is 11.9. The van der Waals surface area contributed by atoms with Gasteiger partial charge >= 0.3 is 5.97 Å². The first kappa shape index (κ1) is 17.2. The topological polar surface area (TPSA) is 42.4 Å². The first-order valence-corrected chi connectivity index (χ1v) is 9.46. The highest BCUT2D eigenvalue weighted by Gasteiger charge is 2.44. The van der Waals surface area contributed by atoms with Gasteiger partial charge in [0.25, 0.3) is 0 Å². The number of carbonyl (C=O) groups excluding carboxylic acids is 1. The minimum absolute atomic E-state index is 0.222. The van der Waals surface area contributed by atoms with Gasteiger partial charge in [-0.2, -0.15) is 0 Å². The van der Waals surface area contributed by atoms with Crippen LogP contribution in [0.25, 0.3) is 10.9 Å². The van der Waals surface area contributed by atoms with Gasteiger partial charge in [-0.15, -0.1) is 6.58 Å². The molecule has 0 amide bonds. The summed E-state index contributed by atoms with van der Waals surface area (Å²) in [5.41, 5.74) is 3.21. The van der Waals surface area contributed by atoms with Gasteiger partial charge in [0.1, 0.15) is 6.10 Å². The molecule has 5 atom stereocenters. The van der Waals surface area contributed by atoms with Crippen molar-refractivity contribution in [1.82, 2.24) is 9.88 Å². The van der Waals surface area contributed by atoms with Crippen molar-refractivity contribution in [3.05, 3.63) is 54.2 Å². The largest absolute Gasteiger partial charge is 0.456 e. The van der Waals surface area contributed by atoms with Crippen molar-refractivity contribution in [1.29, 1.82) is 0 Å². The molecule has 4 nitrogen and oxygen atoms in total. The van der Waals surface area contributed by atoms with Crippen LogP contribution in [0.15, 0.2) is 43.1 Å². The van der Waals surface area contributed by atoms with Crippen LogP contribution in [0.5, 0.6) is 0 Å². The first-order valence-electron chi connectivity index (χ1n) is 9.46.